The zero-order valence-electron chi connectivity index (χ0n) is 14.2. The van der Waals surface area contributed by atoms with Crippen LogP contribution in [0.25, 0.3) is 16.9 Å². The zero-order valence-corrected chi connectivity index (χ0v) is 15.0. The van der Waals surface area contributed by atoms with E-state index in [1.165, 1.54) is 0 Å². The molecule has 3 aromatic rings. The van der Waals surface area contributed by atoms with Gasteiger partial charge in [-0.15, -0.1) is 0 Å². The van der Waals surface area contributed by atoms with E-state index in [1.807, 2.05) is 24.3 Å². The minimum atomic E-state index is -3.07. The van der Waals surface area contributed by atoms with Crippen molar-refractivity contribution in [1.82, 2.24) is 19.9 Å². The highest BCUT2D eigenvalue weighted by atomic mass is 32.2. The summed E-state index contributed by atoms with van der Waals surface area (Å²) >= 11 is 0. The molecule has 1 aliphatic rings. The second-order valence-electron chi connectivity index (χ2n) is 6.87. The van der Waals surface area contributed by atoms with Gasteiger partial charge in [-0.25, -0.2) is 17.9 Å². The summed E-state index contributed by atoms with van der Waals surface area (Å²) in [5.41, 5.74) is 2.25. The van der Waals surface area contributed by atoms with Gasteiger partial charge >= 0.3 is 0 Å². The monoisotopic (exact) mass is 370 g/mol. The maximum absolute atomic E-state index is 12.5. The normalized spacial score (nSPS) is 21.7. The number of nitrogens with zero attached hydrogens (tertiary/aromatic N) is 3. The lowest BCUT2D eigenvalue weighted by Gasteiger charge is -2.23. The summed E-state index contributed by atoms with van der Waals surface area (Å²) in [6, 6.07) is 10.8. The van der Waals surface area contributed by atoms with Crippen LogP contribution in [-0.2, 0) is 9.84 Å². The number of benzene rings is 1. The van der Waals surface area contributed by atoms with Gasteiger partial charge < -0.3 is 5.32 Å². The molecule has 0 unspecified atom stereocenters. The van der Waals surface area contributed by atoms with E-state index in [1.54, 1.807) is 36.0 Å². The molecular formula is C18H18N4O3S. The van der Waals surface area contributed by atoms with Crippen LogP contribution >= 0.6 is 0 Å². The molecule has 0 spiro atoms. The Morgan fingerprint density at radius 2 is 2.00 bits per heavy atom. The van der Waals surface area contributed by atoms with E-state index < -0.39 is 15.4 Å². The Labute approximate surface area is 151 Å². The van der Waals surface area contributed by atoms with Gasteiger partial charge in [0.05, 0.1) is 28.9 Å². The van der Waals surface area contributed by atoms with Gasteiger partial charge in [0.25, 0.3) is 5.91 Å². The first kappa shape index (κ1) is 16.7. The van der Waals surface area contributed by atoms with Crippen molar-refractivity contribution in [3.8, 4) is 11.3 Å². The van der Waals surface area contributed by atoms with E-state index in [0.717, 1.165) is 16.9 Å². The summed E-state index contributed by atoms with van der Waals surface area (Å²) in [6.07, 6.45) is 3.87. The quantitative estimate of drug-likeness (QED) is 0.757. The number of hydrogen-bond acceptors (Lipinski definition) is 5. The number of carbonyl (C=O) groups excluding carboxylic acids is 1. The molecule has 3 heterocycles. The van der Waals surface area contributed by atoms with Crippen molar-refractivity contribution >= 4 is 21.4 Å². The Morgan fingerprint density at radius 3 is 2.69 bits per heavy atom. The second kappa shape index (κ2) is 5.91. The fraction of sp³-hybridized carbons (Fsp3) is 0.278. The smallest absolute Gasteiger partial charge is 0.251 e. The molecule has 1 saturated heterocycles. The average Bonchev–Trinajstić information content (AvgIpc) is 3.15. The number of rotatable bonds is 3. The van der Waals surface area contributed by atoms with E-state index in [9.17, 15) is 13.2 Å². The van der Waals surface area contributed by atoms with Crippen LogP contribution in [0.1, 0.15) is 23.7 Å². The minimum Gasteiger partial charge on any atom is -0.346 e. The lowest BCUT2D eigenvalue weighted by atomic mass is 10.0. The Morgan fingerprint density at radius 1 is 1.23 bits per heavy atom. The molecule has 0 radical (unpaired) electrons. The van der Waals surface area contributed by atoms with Crippen LogP contribution in [0.3, 0.4) is 0 Å². The number of imidazole rings is 1. The number of fused-ring (bicyclic) bond motifs is 1. The average molecular weight is 370 g/mol. The van der Waals surface area contributed by atoms with Crippen molar-refractivity contribution in [3.63, 3.8) is 0 Å². The van der Waals surface area contributed by atoms with Crippen LogP contribution in [0.5, 0.6) is 0 Å². The molecule has 1 fully saturated rings. The molecule has 1 aliphatic heterocycles. The summed E-state index contributed by atoms with van der Waals surface area (Å²) in [6.45, 7) is 1.77. The van der Waals surface area contributed by atoms with E-state index in [2.05, 4.69) is 15.4 Å². The van der Waals surface area contributed by atoms with E-state index in [-0.39, 0.29) is 17.4 Å². The molecule has 4 rings (SSSR count). The lowest BCUT2D eigenvalue weighted by Crippen LogP contribution is -2.46. The second-order valence-corrected chi connectivity index (χ2v) is 9.06. The summed E-state index contributed by atoms with van der Waals surface area (Å²) < 4.78 is 25.1. The predicted octanol–water partition coefficient (Wildman–Crippen LogP) is 1.70. The predicted molar refractivity (Wildman–Crippen MR) is 97.6 cm³/mol. The molecule has 1 N–H and O–H groups in total. The molecule has 1 amide bonds. The van der Waals surface area contributed by atoms with Gasteiger partial charge in [-0.05, 0) is 37.6 Å². The van der Waals surface area contributed by atoms with Crippen LogP contribution in [0.2, 0.25) is 0 Å². The van der Waals surface area contributed by atoms with Gasteiger partial charge in [0.1, 0.15) is 0 Å². The molecule has 1 aromatic carbocycles. The highest BCUT2D eigenvalue weighted by Crippen LogP contribution is 2.24. The van der Waals surface area contributed by atoms with Crippen LogP contribution in [0.15, 0.2) is 48.8 Å². The largest absolute Gasteiger partial charge is 0.346 e. The number of carbonyl (C=O) groups is 1. The minimum absolute atomic E-state index is 0.0166. The molecule has 7 nitrogen and oxygen atoms in total. The molecule has 0 bridgehead atoms. The van der Waals surface area contributed by atoms with E-state index in [4.69, 9.17) is 0 Å². The van der Waals surface area contributed by atoms with Crippen LogP contribution in [-0.4, -0.2) is 46.0 Å². The van der Waals surface area contributed by atoms with Crippen LogP contribution in [0.4, 0.5) is 0 Å². The molecule has 0 saturated carbocycles. The Kier molecular flexibility index (Phi) is 3.80. The van der Waals surface area contributed by atoms with Gasteiger partial charge in [0, 0.05) is 17.3 Å². The van der Waals surface area contributed by atoms with Gasteiger partial charge in [0.15, 0.2) is 15.5 Å². The fourth-order valence-corrected chi connectivity index (χ4v) is 5.37. The fourth-order valence-electron chi connectivity index (χ4n) is 3.27. The summed E-state index contributed by atoms with van der Waals surface area (Å²) in [4.78, 5) is 16.8. The maximum atomic E-state index is 12.5. The van der Waals surface area contributed by atoms with Gasteiger partial charge in [-0.2, -0.15) is 5.10 Å². The molecule has 8 heteroatoms. The van der Waals surface area contributed by atoms with Crippen molar-refractivity contribution in [2.75, 3.05) is 11.5 Å². The van der Waals surface area contributed by atoms with Crippen molar-refractivity contribution in [2.45, 2.75) is 18.9 Å². The summed E-state index contributed by atoms with van der Waals surface area (Å²) in [5.74, 6) is -0.172. The number of nitrogens with one attached hydrogen (secondary N) is 1. The molecule has 2 aromatic heterocycles. The van der Waals surface area contributed by atoms with Gasteiger partial charge in [-0.1, -0.05) is 12.1 Å². The standard InChI is InChI=1S/C18H18N4O3S/c1-18(8-10-26(24,25)12-18)21-17(23)14-6-4-13(5-7-14)15-11-19-16-3-2-9-20-22(15)16/h2-7,9,11H,8,10,12H2,1H3,(H,21,23)/t18-/m1/s1. The summed E-state index contributed by atoms with van der Waals surface area (Å²) in [7, 11) is -3.07. The van der Waals surface area contributed by atoms with Crippen LogP contribution < -0.4 is 5.32 Å². The number of aromatic nitrogens is 3. The van der Waals surface area contributed by atoms with Gasteiger partial charge in [0.2, 0.25) is 0 Å². The molecule has 0 aliphatic carbocycles. The Hall–Kier alpha value is -2.74. The van der Waals surface area contributed by atoms with Crippen molar-refractivity contribution in [2.24, 2.45) is 0 Å². The zero-order chi connectivity index (χ0) is 18.4. The van der Waals surface area contributed by atoms with E-state index in [0.29, 0.717) is 12.0 Å². The molecule has 134 valence electrons. The van der Waals surface area contributed by atoms with E-state index >= 15 is 0 Å². The number of amides is 1. The van der Waals surface area contributed by atoms with Gasteiger partial charge in [-0.3, -0.25) is 4.79 Å². The first-order valence-electron chi connectivity index (χ1n) is 8.27. The Balaban J connectivity index is 1.55. The first-order valence-corrected chi connectivity index (χ1v) is 10.1. The Bertz CT molecular complexity index is 1090. The third-order valence-electron chi connectivity index (χ3n) is 4.64. The van der Waals surface area contributed by atoms with Crippen molar-refractivity contribution < 1.29 is 13.2 Å². The van der Waals surface area contributed by atoms with Crippen molar-refractivity contribution in [3.05, 3.63) is 54.4 Å². The molecule has 1 atom stereocenters. The summed E-state index contributed by atoms with van der Waals surface area (Å²) in [5, 5.41) is 7.15. The lowest BCUT2D eigenvalue weighted by molar-refractivity contribution is 0.0915. The third-order valence-corrected chi connectivity index (χ3v) is 6.54. The first-order chi connectivity index (χ1) is 12.4. The number of hydrogen-bond donors (Lipinski definition) is 1. The SMILES string of the molecule is C[C@@]1(NC(=O)c2ccc(-c3cnc4cccnn34)cc2)CCS(=O)(=O)C1. The molecule has 26 heavy (non-hydrogen) atoms. The van der Waals surface area contributed by atoms with Crippen LogP contribution in [0, 0.1) is 0 Å². The number of sulfone groups is 1. The highest BCUT2D eigenvalue weighted by molar-refractivity contribution is 7.91. The third kappa shape index (κ3) is 3.08. The molecular weight excluding hydrogens is 352 g/mol. The van der Waals surface area contributed by atoms with Crippen molar-refractivity contribution in [1.29, 1.82) is 0 Å². The highest BCUT2D eigenvalue weighted by Gasteiger charge is 2.39. The topological polar surface area (TPSA) is 93.4 Å². The maximum Gasteiger partial charge on any atom is 0.251 e.